The molecule has 1 fully saturated rings. The fraction of sp³-hybridized carbons (Fsp3) is 0.353. The average molecular weight is 347 g/mol. The third kappa shape index (κ3) is 3.94. The van der Waals surface area contributed by atoms with E-state index in [1.165, 1.54) is 0 Å². The Hall–Kier alpha value is -2.34. The molecule has 0 aliphatic carbocycles. The molecule has 0 unspecified atom stereocenters. The van der Waals surface area contributed by atoms with E-state index in [1.54, 1.807) is 31.6 Å². The number of piperidine rings is 1. The highest BCUT2D eigenvalue weighted by molar-refractivity contribution is 6.30. The summed E-state index contributed by atoms with van der Waals surface area (Å²) in [5.74, 6) is 1.45. The van der Waals surface area contributed by atoms with Gasteiger partial charge < -0.3 is 15.0 Å². The smallest absolute Gasteiger partial charge is 0.227 e. The first kappa shape index (κ1) is 16.5. The van der Waals surface area contributed by atoms with E-state index in [2.05, 4.69) is 20.2 Å². The normalized spacial score (nSPS) is 15.2. The van der Waals surface area contributed by atoms with E-state index in [4.69, 9.17) is 16.3 Å². The number of carbonyl (C=O) groups excluding carboxylic acids is 1. The number of aromatic nitrogens is 2. The molecule has 7 heteroatoms. The molecule has 2 aromatic heterocycles. The van der Waals surface area contributed by atoms with Gasteiger partial charge in [-0.1, -0.05) is 11.6 Å². The monoisotopic (exact) mass is 346 g/mol. The van der Waals surface area contributed by atoms with Gasteiger partial charge in [-0.05, 0) is 31.0 Å². The number of hydrogen-bond acceptors (Lipinski definition) is 5. The Morgan fingerprint density at radius 1 is 1.21 bits per heavy atom. The van der Waals surface area contributed by atoms with Crippen LogP contribution in [0.4, 0.5) is 11.5 Å². The highest BCUT2D eigenvalue weighted by atomic mass is 35.5. The molecule has 3 rings (SSSR count). The first-order valence-corrected chi connectivity index (χ1v) is 8.21. The first-order valence-electron chi connectivity index (χ1n) is 7.83. The molecule has 6 nitrogen and oxygen atoms in total. The lowest BCUT2D eigenvalue weighted by molar-refractivity contribution is -0.120. The molecular weight excluding hydrogens is 328 g/mol. The largest absolute Gasteiger partial charge is 0.481 e. The highest BCUT2D eigenvalue weighted by Gasteiger charge is 2.25. The number of hydrogen-bond donors (Lipinski definition) is 1. The average Bonchev–Trinajstić information content (AvgIpc) is 2.63. The number of nitrogens with one attached hydrogen (secondary N) is 1. The number of halogens is 1. The van der Waals surface area contributed by atoms with Crippen LogP contribution in [0.5, 0.6) is 5.88 Å². The molecule has 0 radical (unpaired) electrons. The van der Waals surface area contributed by atoms with E-state index in [1.807, 2.05) is 12.1 Å². The molecule has 2 aromatic rings. The SMILES string of the molecule is COc1ccc(NC(=O)C2CCN(c3ccc(Cl)cn3)CC2)cn1. The summed E-state index contributed by atoms with van der Waals surface area (Å²) < 4.78 is 5.01. The van der Waals surface area contributed by atoms with Crippen LogP contribution in [0.25, 0.3) is 0 Å². The Labute approximate surface area is 145 Å². The second-order valence-electron chi connectivity index (χ2n) is 5.67. The lowest BCUT2D eigenvalue weighted by Crippen LogP contribution is -2.38. The Kier molecular flexibility index (Phi) is 5.15. The van der Waals surface area contributed by atoms with Crippen LogP contribution >= 0.6 is 11.6 Å². The minimum atomic E-state index is -0.00403. The summed E-state index contributed by atoms with van der Waals surface area (Å²) in [5, 5.41) is 3.54. The van der Waals surface area contributed by atoms with Gasteiger partial charge in [0.2, 0.25) is 11.8 Å². The lowest BCUT2D eigenvalue weighted by atomic mass is 9.96. The molecular formula is C17H19ClN4O2. The molecule has 1 aliphatic rings. The number of pyridine rings is 2. The summed E-state index contributed by atoms with van der Waals surface area (Å²) in [5.41, 5.74) is 0.683. The maximum absolute atomic E-state index is 12.4. The fourth-order valence-corrected chi connectivity index (χ4v) is 2.86. The second kappa shape index (κ2) is 7.49. The van der Waals surface area contributed by atoms with Crippen LogP contribution in [0.1, 0.15) is 12.8 Å². The van der Waals surface area contributed by atoms with Gasteiger partial charge in [0.15, 0.2) is 0 Å². The predicted octanol–water partition coefficient (Wildman–Crippen LogP) is 2.99. The van der Waals surface area contributed by atoms with Crippen LogP contribution in [0.15, 0.2) is 36.7 Å². The first-order chi connectivity index (χ1) is 11.7. The molecule has 1 N–H and O–H groups in total. The zero-order valence-electron chi connectivity index (χ0n) is 13.4. The molecule has 0 atom stereocenters. The number of amides is 1. The van der Waals surface area contributed by atoms with Crippen molar-refractivity contribution >= 4 is 29.0 Å². The molecule has 3 heterocycles. The van der Waals surface area contributed by atoms with Gasteiger partial charge in [0.1, 0.15) is 5.82 Å². The Bertz CT molecular complexity index is 683. The van der Waals surface area contributed by atoms with Gasteiger partial charge in [0, 0.05) is 31.3 Å². The summed E-state index contributed by atoms with van der Waals surface area (Å²) in [4.78, 5) is 23.0. The summed E-state index contributed by atoms with van der Waals surface area (Å²) in [6.07, 6.45) is 4.83. The number of carbonyl (C=O) groups is 1. The van der Waals surface area contributed by atoms with E-state index >= 15 is 0 Å². The van der Waals surface area contributed by atoms with Gasteiger partial charge in [0.25, 0.3) is 0 Å². The summed E-state index contributed by atoms with van der Waals surface area (Å²) in [6, 6.07) is 7.26. The molecule has 126 valence electrons. The van der Waals surface area contributed by atoms with Crippen molar-refractivity contribution in [3.8, 4) is 5.88 Å². The minimum Gasteiger partial charge on any atom is -0.481 e. The zero-order valence-corrected chi connectivity index (χ0v) is 14.2. The van der Waals surface area contributed by atoms with E-state index in [0.29, 0.717) is 16.6 Å². The molecule has 1 aliphatic heterocycles. The van der Waals surface area contributed by atoms with Crippen molar-refractivity contribution in [1.29, 1.82) is 0 Å². The molecule has 0 spiro atoms. The maximum Gasteiger partial charge on any atom is 0.227 e. The van der Waals surface area contributed by atoms with Crippen molar-refractivity contribution in [3.63, 3.8) is 0 Å². The summed E-state index contributed by atoms with van der Waals surface area (Å²) in [6.45, 7) is 1.60. The number of nitrogens with zero attached hydrogens (tertiary/aromatic N) is 3. The van der Waals surface area contributed by atoms with Crippen LogP contribution < -0.4 is 15.0 Å². The molecule has 1 amide bonds. The van der Waals surface area contributed by atoms with Crippen molar-refractivity contribution in [3.05, 3.63) is 41.7 Å². The van der Waals surface area contributed by atoms with Crippen molar-refractivity contribution < 1.29 is 9.53 Å². The third-order valence-corrected chi connectivity index (χ3v) is 4.34. The highest BCUT2D eigenvalue weighted by Crippen LogP contribution is 2.24. The number of anilines is 2. The minimum absolute atomic E-state index is 0.00403. The lowest BCUT2D eigenvalue weighted by Gasteiger charge is -2.32. The van der Waals surface area contributed by atoms with Crippen molar-refractivity contribution in [2.24, 2.45) is 5.92 Å². The van der Waals surface area contributed by atoms with Gasteiger partial charge >= 0.3 is 0 Å². The van der Waals surface area contributed by atoms with Crippen molar-refractivity contribution in [2.45, 2.75) is 12.8 Å². The van der Waals surface area contributed by atoms with Crippen molar-refractivity contribution in [1.82, 2.24) is 9.97 Å². The van der Waals surface area contributed by atoms with E-state index in [-0.39, 0.29) is 11.8 Å². The van der Waals surface area contributed by atoms with Gasteiger partial charge in [-0.25, -0.2) is 9.97 Å². The second-order valence-corrected chi connectivity index (χ2v) is 6.11. The van der Waals surface area contributed by atoms with Crippen LogP contribution in [0.3, 0.4) is 0 Å². The van der Waals surface area contributed by atoms with Crippen LogP contribution in [-0.4, -0.2) is 36.1 Å². The van der Waals surface area contributed by atoms with Crippen LogP contribution in [0.2, 0.25) is 5.02 Å². The van der Waals surface area contributed by atoms with Gasteiger partial charge in [-0.2, -0.15) is 0 Å². The quantitative estimate of drug-likeness (QED) is 0.921. The number of rotatable bonds is 4. The molecule has 24 heavy (non-hydrogen) atoms. The van der Waals surface area contributed by atoms with Crippen LogP contribution in [0, 0.1) is 5.92 Å². The van der Waals surface area contributed by atoms with Gasteiger partial charge in [0.05, 0.1) is 24.0 Å². The predicted molar refractivity (Wildman–Crippen MR) is 93.6 cm³/mol. The molecule has 1 saturated heterocycles. The van der Waals surface area contributed by atoms with Crippen LogP contribution in [-0.2, 0) is 4.79 Å². The summed E-state index contributed by atoms with van der Waals surface area (Å²) in [7, 11) is 1.56. The Morgan fingerprint density at radius 2 is 2.00 bits per heavy atom. The van der Waals surface area contributed by atoms with E-state index in [0.717, 1.165) is 31.7 Å². The van der Waals surface area contributed by atoms with Gasteiger partial charge in [-0.15, -0.1) is 0 Å². The third-order valence-electron chi connectivity index (χ3n) is 4.11. The fourth-order valence-electron chi connectivity index (χ4n) is 2.75. The van der Waals surface area contributed by atoms with E-state index in [9.17, 15) is 4.79 Å². The summed E-state index contributed by atoms with van der Waals surface area (Å²) >= 11 is 5.86. The number of ether oxygens (including phenoxy) is 1. The Balaban J connectivity index is 1.53. The maximum atomic E-state index is 12.4. The van der Waals surface area contributed by atoms with Gasteiger partial charge in [-0.3, -0.25) is 4.79 Å². The van der Waals surface area contributed by atoms with Crippen molar-refractivity contribution in [2.75, 3.05) is 30.4 Å². The standard InChI is InChI=1S/C17H19ClN4O2/c1-24-16-5-3-14(11-20-16)21-17(23)12-6-8-22(9-7-12)15-4-2-13(18)10-19-15/h2-5,10-12H,6-9H2,1H3,(H,21,23). The molecule has 0 bridgehead atoms. The topological polar surface area (TPSA) is 67.3 Å². The zero-order chi connectivity index (χ0) is 16.9. The molecule has 0 aromatic carbocycles. The number of methoxy groups -OCH3 is 1. The Morgan fingerprint density at radius 3 is 2.58 bits per heavy atom. The molecule has 0 saturated carbocycles. The van der Waals surface area contributed by atoms with E-state index < -0.39 is 0 Å².